The number of rotatable bonds is 6. The predicted molar refractivity (Wildman–Crippen MR) is 72.8 cm³/mol. The van der Waals surface area contributed by atoms with Crippen LogP contribution in [-0.2, 0) is 6.54 Å². The normalized spacial score (nSPS) is 10.8. The molecule has 0 atom stereocenters. The Morgan fingerprint density at radius 2 is 2.06 bits per heavy atom. The van der Waals surface area contributed by atoms with E-state index in [-0.39, 0.29) is 0 Å². The fourth-order valence-electron chi connectivity index (χ4n) is 1.29. The van der Waals surface area contributed by atoms with Crippen molar-refractivity contribution < 1.29 is 0 Å². The largest absolute Gasteiger partial charge is 0.313 e. The Balaban J connectivity index is 1.91. The van der Waals surface area contributed by atoms with E-state index in [4.69, 9.17) is 0 Å². The fourth-order valence-corrected chi connectivity index (χ4v) is 2.91. The summed E-state index contributed by atoms with van der Waals surface area (Å²) in [5.74, 6) is 0. The zero-order valence-electron chi connectivity index (χ0n) is 10.4. The molecule has 2 heterocycles. The van der Waals surface area contributed by atoms with Gasteiger partial charge in [0.25, 0.3) is 0 Å². The van der Waals surface area contributed by atoms with Crippen molar-refractivity contribution in [2.24, 2.45) is 0 Å². The average molecular weight is 281 g/mol. The first-order valence-corrected chi connectivity index (χ1v) is 7.41. The van der Waals surface area contributed by atoms with Crippen LogP contribution in [0.25, 0.3) is 0 Å². The van der Waals surface area contributed by atoms with Crippen LogP contribution in [0.3, 0.4) is 0 Å². The predicted octanol–water partition coefficient (Wildman–Crippen LogP) is 2.29. The molecule has 0 spiro atoms. The Labute approximate surface area is 114 Å². The summed E-state index contributed by atoms with van der Waals surface area (Å²) in [6.07, 6.45) is 4.84. The molecule has 2 rings (SSSR count). The van der Waals surface area contributed by atoms with Gasteiger partial charge in [0, 0.05) is 24.5 Å². The highest BCUT2D eigenvalue weighted by Gasteiger charge is 2.05. The van der Waals surface area contributed by atoms with Crippen molar-refractivity contribution >= 4 is 23.1 Å². The Morgan fingerprint density at radius 3 is 2.67 bits per heavy atom. The quantitative estimate of drug-likeness (QED) is 0.647. The van der Waals surface area contributed by atoms with Crippen molar-refractivity contribution in [2.75, 3.05) is 6.54 Å². The molecule has 0 radical (unpaired) electrons. The van der Waals surface area contributed by atoms with Gasteiger partial charge in [-0.2, -0.15) is 0 Å². The number of nitrogens with zero attached hydrogens (tertiary/aromatic N) is 4. The molecule has 0 bridgehead atoms. The molecular formula is C11H15N5S2. The molecule has 5 nitrogen and oxygen atoms in total. The summed E-state index contributed by atoms with van der Waals surface area (Å²) in [6, 6.07) is 0. The monoisotopic (exact) mass is 281 g/mol. The third-order valence-electron chi connectivity index (χ3n) is 2.12. The summed E-state index contributed by atoms with van der Waals surface area (Å²) in [5.41, 5.74) is 1.10. The van der Waals surface area contributed by atoms with Crippen LogP contribution in [0.15, 0.2) is 21.9 Å². The summed E-state index contributed by atoms with van der Waals surface area (Å²) >= 11 is 3.00. The minimum atomic E-state index is 0.713. The van der Waals surface area contributed by atoms with Gasteiger partial charge in [0.05, 0.1) is 0 Å². The van der Waals surface area contributed by atoms with Crippen molar-refractivity contribution in [2.45, 2.75) is 36.3 Å². The second-order valence-electron chi connectivity index (χ2n) is 3.74. The molecule has 0 saturated heterocycles. The van der Waals surface area contributed by atoms with E-state index in [9.17, 15) is 0 Å². The van der Waals surface area contributed by atoms with E-state index in [1.807, 2.05) is 19.3 Å². The van der Waals surface area contributed by atoms with Gasteiger partial charge in [-0.3, -0.25) is 0 Å². The Bertz CT molecular complexity index is 482. The molecule has 0 aromatic carbocycles. The molecule has 7 heteroatoms. The van der Waals surface area contributed by atoms with Gasteiger partial charge in [-0.05, 0) is 31.7 Å². The molecule has 0 amide bonds. The maximum absolute atomic E-state index is 4.31. The summed E-state index contributed by atoms with van der Waals surface area (Å²) in [7, 11) is 0. The fraction of sp³-hybridized carbons (Fsp3) is 0.455. The van der Waals surface area contributed by atoms with Gasteiger partial charge in [-0.1, -0.05) is 18.3 Å². The Hall–Kier alpha value is -1.05. The highest BCUT2D eigenvalue weighted by Crippen LogP contribution is 2.26. The molecule has 0 aliphatic rings. The summed E-state index contributed by atoms with van der Waals surface area (Å²) in [6.45, 7) is 5.91. The Kier molecular flexibility index (Phi) is 5.03. The maximum Gasteiger partial charge on any atom is 0.194 e. The SMILES string of the molecule is CCCNCc1cnc(Sc2nnc(C)s2)nc1. The molecule has 0 fully saturated rings. The van der Waals surface area contributed by atoms with Crippen LogP contribution in [0.1, 0.15) is 23.9 Å². The highest BCUT2D eigenvalue weighted by molar-refractivity contribution is 8.00. The second kappa shape index (κ2) is 6.77. The third kappa shape index (κ3) is 4.01. The van der Waals surface area contributed by atoms with E-state index >= 15 is 0 Å². The number of hydrogen-bond acceptors (Lipinski definition) is 7. The van der Waals surface area contributed by atoms with Gasteiger partial charge < -0.3 is 5.32 Å². The van der Waals surface area contributed by atoms with Crippen LogP contribution in [0, 0.1) is 6.92 Å². The van der Waals surface area contributed by atoms with Crippen molar-refractivity contribution in [3.05, 3.63) is 23.0 Å². The van der Waals surface area contributed by atoms with Crippen molar-refractivity contribution in [3.63, 3.8) is 0 Å². The van der Waals surface area contributed by atoms with E-state index in [2.05, 4.69) is 32.4 Å². The minimum absolute atomic E-state index is 0.713. The van der Waals surface area contributed by atoms with Gasteiger partial charge in [0.15, 0.2) is 9.50 Å². The van der Waals surface area contributed by atoms with Gasteiger partial charge in [-0.25, -0.2) is 9.97 Å². The third-order valence-corrected chi connectivity index (χ3v) is 3.91. The van der Waals surface area contributed by atoms with E-state index in [0.29, 0.717) is 5.16 Å². The lowest BCUT2D eigenvalue weighted by atomic mass is 10.3. The highest BCUT2D eigenvalue weighted by atomic mass is 32.2. The first-order valence-electron chi connectivity index (χ1n) is 5.77. The first-order chi connectivity index (χ1) is 8.78. The molecule has 18 heavy (non-hydrogen) atoms. The molecule has 2 aromatic heterocycles. The zero-order chi connectivity index (χ0) is 12.8. The van der Waals surface area contributed by atoms with E-state index in [1.54, 1.807) is 11.3 Å². The van der Waals surface area contributed by atoms with Gasteiger partial charge in [-0.15, -0.1) is 10.2 Å². The molecule has 0 aliphatic carbocycles. The van der Waals surface area contributed by atoms with Crippen molar-refractivity contribution in [1.82, 2.24) is 25.5 Å². The van der Waals surface area contributed by atoms with Crippen molar-refractivity contribution in [3.8, 4) is 0 Å². The molecule has 0 unspecified atom stereocenters. The lowest BCUT2D eigenvalue weighted by molar-refractivity contribution is 0.669. The molecule has 1 N–H and O–H groups in total. The minimum Gasteiger partial charge on any atom is -0.313 e. The number of aryl methyl sites for hydroxylation is 1. The molecule has 2 aromatic rings. The average Bonchev–Trinajstić information content (AvgIpc) is 2.77. The molecule has 0 saturated carbocycles. The summed E-state index contributed by atoms with van der Waals surface area (Å²) in [5, 5.41) is 13.0. The molecule has 96 valence electrons. The van der Waals surface area contributed by atoms with Crippen LogP contribution in [-0.4, -0.2) is 26.7 Å². The van der Waals surface area contributed by atoms with E-state index in [1.165, 1.54) is 11.8 Å². The second-order valence-corrected chi connectivity index (χ2v) is 6.14. The van der Waals surface area contributed by atoms with Crippen molar-refractivity contribution in [1.29, 1.82) is 0 Å². The van der Waals surface area contributed by atoms with Crippen LogP contribution in [0.2, 0.25) is 0 Å². The number of hydrogen-bond donors (Lipinski definition) is 1. The van der Waals surface area contributed by atoms with Crippen LogP contribution < -0.4 is 5.32 Å². The van der Waals surface area contributed by atoms with Crippen LogP contribution in [0.5, 0.6) is 0 Å². The zero-order valence-corrected chi connectivity index (χ0v) is 12.0. The van der Waals surface area contributed by atoms with Gasteiger partial charge >= 0.3 is 0 Å². The van der Waals surface area contributed by atoms with Gasteiger partial charge in [0.1, 0.15) is 5.01 Å². The number of aromatic nitrogens is 4. The van der Waals surface area contributed by atoms with E-state index < -0.39 is 0 Å². The number of nitrogens with one attached hydrogen (secondary N) is 1. The standard InChI is InChI=1S/C11H15N5S2/c1-3-4-12-5-9-6-13-10(14-7-9)18-11-16-15-8(2)17-11/h6-7,12H,3-5H2,1-2H3. The Morgan fingerprint density at radius 1 is 1.28 bits per heavy atom. The topological polar surface area (TPSA) is 63.6 Å². The smallest absolute Gasteiger partial charge is 0.194 e. The summed E-state index contributed by atoms with van der Waals surface area (Å²) < 4.78 is 0.879. The first kappa shape index (κ1) is 13.4. The molecule has 0 aliphatic heterocycles. The summed E-state index contributed by atoms with van der Waals surface area (Å²) in [4.78, 5) is 8.63. The van der Waals surface area contributed by atoms with Crippen LogP contribution in [0.4, 0.5) is 0 Å². The van der Waals surface area contributed by atoms with E-state index in [0.717, 1.165) is 34.4 Å². The molecular weight excluding hydrogens is 266 g/mol. The lowest BCUT2D eigenvalue weighted by Crippen LogP contribution is -2.14. The lowest BCUT2D eigenvalue weighted by Gasteiger charge is -2.02. The van der Waals surface area contributed by atoms with Crippen LogP contribution >= 0.6 is 23.1 Å². The maximum atomic E-state index is 4.31. The van der Waals surface area contributed by atoms with Gasteiger partial charge in [0.2, 0.25) is 0 Å².